The van der Waals surface area contributed by atoms with Crippen LogP contribution >= 0.6 is 0 Å². The van der Waals surface area contributed by atoms with Crippen molar-refractivity contribution in [1.82, 2.24) is 10.3 Å². The number of ether oxygens (including phenoxy) is 1. The van der Waals surface area contributed by atoms with Crippen LogP contribution in [0.15, 0.2) is 54.6 Å². The van der Waals surface area contributed by atoms with Gasteiger partial charge in [-0.25, -0.2) is 22.9 Å². The van der Waals surface area contributed by atoms with Crippen LogP contribution in [0.2, 0.25) is 0 Å². The van der Waals surface area contributed by atoms with Crippen molar-refractivity contribution in [2.75, 3.05) is 18.5 Å². The number of carbonyl (C=O) groups is 3. The Bertz CT molecular complexity index is 1210. The van der Waals surface area contributed by atoms with Gasteiger partial charge < -0.3 is 15.4 Å². The third-order valence-corrected chi connectivity index (χ3v) is 4.11. The number of pyridine rings is 1. The number of nitrogens with one attached hydrogen (secondary N) is 2. The summed E-state index contributed by atoms with van der Waals surface area (Å²) in [6.07, 6.45) is 2.53. The van der Waals surface area contributed by atoms with Crippen LogP contribution in [0.4, 0.5) is 18.9 Å². The SMILES string of the molecule is O=C(COC(=O)/C=C/c1ccc2ccccc2n1)NCC(=O)Nc1ccc(F)c(F)c1F. The van der Waals surface area contributed by atoms with Gasteiger partial charge in [-0.3, -0.25) is 9.59 Å². The van der Waals surface area contributed by atoms with E-state index >= 15 is 0 Å². The predicted molar refractivity (Wildman–Crippen MR) is 110 cm³/mol. The van der Waals surface area contributed by atoms with Crippen LogP contribution < -0.4 is 10.6 Å². The molecule has 0 spiro atoms. The van der Waals surface area contributed by atoms with Crippen molar-refractivity contribution in [3.05, 3.63) is 77.8 Å². The van der Waals surface area contributed by atoms with E-state index in [9.17, 15) is 27.6 Å². The van der Waals surface area contributed by atoms with Crippen molar-refractivity contribution in [3.63, 3.8) is 0 Å². The number of aromatic nitrogens is 1. The molecule has 164 valence electrons. The number of hydrogen-bond donors (Lipinski definition) is 2. The first-order valence-corrected chi connectivity index (χ1v) is 9.24. The summed E-state index contributed by atoms with van der Waals surface area (Å²) in [7, 11) is 0. The molecule has 3 aromatic rings. The highest BCUT2D eigenvalue weighted by Crippen LogP contribution is 2.19. The Balaban J connectivity index is 1.43. The summed E-state index contributed by atoms with van der Waals surface area (Å²) in [6.45, 7) is -1.27. The molecule has 0 atom stereocenters. The maximum Gasteiger partial charge on any atom is 0.331 e. The van der Waals surface area contributed by atoms with E-state index in [-0.39, 0.29) is 0 Å². The van der Waals surface area contributed by atoms with Gasteiger partial charge in [-0.1, -0.05) is 24.3 Å². The number of anilines is 1. The van der Waals surface area contributed by atoms with Crippen molar-refractivity contribution in [3.8, 4) is 0 Å². The lowest BCUT2D eigenvalue weighted by Gasteiger charge is -2.08. The zero-order valence-corrected chi connectivity index (χ0v) is 16.4. The first kappa shape index (κ1) is 22.5. The summed E-state index contributed by atoms with van der Waals surface area (Å²) in [6, 6.07) is 12.5. The highest BCUT2D eigenvalue weighted by atomic mass is 19.2. The number of halogens is 3. The lowest BCUT2D eigenvalue weighted by molar-refractivity contribution is -0.143. The molecule has 10 heteroatoms. The van der Waals surface area contributed by atoms with E-state index in [1.165, 1.54) is 6.08 Å². The molecule has 0 saturated heterocycles. The number of fused-ring (bicyclic) bond motifs is 1. The number of esters is 1. The van der Waals surface area contributed by atoms with Gasteiger partial charge in [-0.15, -0.1) is 0 Å². The topological polar surface area (TPSA) is 97.4 Å². The molecule has 2 N–H and O–H groups in total. The molecule has 0 aliphatic rings. The highest BCUT2D eigenvalue weighted by Gasteiger charge is 2.15. The van der Waals surface area contributed by atoms with Crippen molar-refractivity contribution in [2.45, 2.75) is 0 Å². The third-order valence-electron chi connectivity index (χ3n) is 4.11. The van der Waals surface area contributed by atoms with E-state index in [1.54, 1.807) is 6.07 Å². The number of benzene rings is 2. The average molecular weight is 443 g/mol. The van der Waals surface area contributed by atoms with Crippen molar-refractivity contribution >= 4 is 40.4 Å². The average Bonchev–Trinajstić information content (AvgIpc) is 2.80. The molecule has 2 amide bonds. The molecule has 0 aliphatic carbocycles. The number of rotatable bonds is 7. The quantitative estimate of drug-likeness (QED) is 0.333. The van der Waals surface area contributed by atoms with E-state index in [0.717, 1.165) is 23.0 Å². The highest BCUT2D eigenvalue weighted by molar-refractivity contribution is 5.95. The fraction of sp³-hybridized carbons (Fsp3) is 0.0909. The molecule has 0 bridgehead atoms. The zero-order chi connectivity index (χ0) is 23.1. The molecular formula is C22H16F3N3O4. The van der Waals surface area contributed by atoms with E-state index in [2.05, 4.69) is 10.3 Å². The fourth-order valence-corrected chi connectivity index (χ4v) is 2.56. The lowest BCUT2D eigenvalue weighted by atomic mass is 10.2. The maximum absolute atomic E-state index is 13.5. The van der Waals surface area contributed by atoms with Crippen molar-refractivity contribution < 1.29 is 32.3 Å². The Morgan fingerprint density at radius 1 is 0.938 bits per heavy atom. The number of nitrogens with zero attached hydrogens (tertiary/aromatic N) is 1. The number of hydrogen-bond acceptors (Lipinski definition) is 5. The molecule has 7 nitrogen and oxygen atoms in total. The van der Waals surface area contributed by atoms with E-state index in [0.29, 0.717) is 11.8 Å². The first-order chi connectivity index (χ1) is 15.3. The Hall–Kier alpha value is -4.21. The first-order valence-electron chi connectivity index (χ1n) is 9.24. The van der Waals surface area contributed by atoms with E-state index in [4.69, 9.17) is 4.74 Å². The largest absolute Gasteiger partial charge is 0.452 e. The second-order valence-electron chi connectivity index (χ2n) is 6.42. The molecule has 0 fully saturated rings. The summed E-state index contributed by atoms with van der Waals surface area (Å²) in [5, 5.41) is 5.08. The van der Waals surface area contributed by atoms with Gasteiger partial charge in [0.2, 0.25) is 5.91 Å². The number of para-hydroxylation sites is 1. The summed E-state index contributed by atoms with van der Waals surface area (Å²) in [5.74, 6) is -7.19. The maximum atomic E-state index is 13.5. The standard InChI is InChI=1S/C22H16F3N3O4/c23-15-8-9-17(22(25)21(15)24)28-18(29)11-26-19(30)12-32-20(31)10-7-14-6-5-13-3-1-2-4-16(13)27-14/h1-10H,11-12H2,(H,26,30)(H,28,29)/b10-7+. The molecule has 0 radical (unpaired) electrons. The van der Waals surface area contributed by atoms with Crippen LogP contribution in [0, 0.1) is 17.5 Å². The molecule has 0 aliphatic heterocycles. The fourth-order valence-electron chi connectivity index (χ4n) is 2.56. The van der Waals surface area contributed by atoms with Gasteiger partial charge in [0.05, 0.1) is 23.4 Å². The zero-order valence-electron chi connectivity index (χ0n) is 16.4. The minimum absolute atomic E-state index is 0.520. The number of amides is 2. The molecular weight excluding hydrogens is 427 g/mol. The molecule has 0 unspecified atom stereocenters. The van der Waals surface area contributed by atoms with Crippen molar-refractivity contribution in [1.29, 1.82) is 0 Å². The van der Waals surface area contributed by atoms with Gasteiger partial charge in [0.1, 0.15) is 0 Å². The molecule has 1 aromatic heterocycles. The van der Waals surface area contributed by atoms with E-state index in [1.807, 2.05) is 35.6 Å². The third kappa shape index (κ3) is 5.91. The number of carbonyl (C=O) groups excluding carboxylic acids is 3. The van der Waals surface area contributed by atoms with Crippen molar-refractivity contribution in [2.24, 2.45) is 0 Å². The summed E-state index contributed by atoms with van der Waals surface area (Å²) < 4.78 is 44.3. The van der Waals surface area contributed by atoms with Crippen LogP contribution in [0.3, 0.4) is 0 Å². The normalized spacial score (nSPS) is 10.8. The lowest BCUT2D eigenvalue weighted by Crippen LogP contribution is -2.35. The second-order valence-corrected chi connectivity index (χ2v) is 6.42. The van der Waals surface area contributed by atoms with Crippen LogP contribution in [0.5, 0.6) is 0 Å². The van der Waals surface area contributed by atoms with E-state index < -0.39 is 54.1 Å². The van der Waals surface area contributed by atoms with Gasteiger partial charge in [-0.2, -0.15) is 0 Å². The predicted octanol–water partition coefficient (Wildman–Crippen LogP) is 2.96. The van der Waals surface area contributed by atoms with Crippen LogP contribution in [-0.4, -0.2) is 35.9 Å². The van der Waals surface area contributed by atoms with Gasteiger partial charge in [0.15, 0.2) is 24.1 Å². The molecule has 0 saturated carbocycles. The molecule has 1 heterocycles. The Kier molecular flexibility index (Phi) is 7.17. The van der Waals surface area contributed by atoms with Gasteiger partial charge in [0.25, 0.3) is 5.91 Å². The second kappa shape index (κ2) is 10.2. The van der Waals surface area contributed by atoms with Crippen LogP contribution in [0.1, 0.15) is 5.69 Å². The summed E-state index contributed by atoms with van der Waals surface area (Å²) in [4.78, 5) is 39.5. The molecule has 2 aromatic carbocycles. The van der Waals surface area contributed by atoms with Gasteiger partial charge >= 0.3 is 5.97 Å². The molecule has 3 rings (SSSR count). The monoisotopic (exact) mass is 443 g/mol. The minimum atomic E-state index is -1.73. The Labute approximate surface area is 179 Å². The van der Waals surface area contributed by atoms with Gasteiger partial charge in [0, 0.05) is 11.5 Å². The summed E-state index contributed by atoms with van der Waals surface area (Å²) in [5.41, 5.74) is 0.692. The Morgan fingerprint density at radius 2 is 1.72 bits per heavy atom. The smallest absolute Gasteiger partial charge is 0.331 e. The van der Waals surface area contributed by atoms with Crippen LogP contribution in [0.25, 0.3) is 17.0 Å². The Morgan fingerprint density at radius 3 is 2.53 bits per heavy atom. The molecule has 32 heavy (non-hydrogen) atoms. The van der Waals surface area contributed by atoms with Gasteiger partial charge in [-0.05, 0) is 30.3 Å². The minimum Gasteiger partial charge on any atom is -0.452 e. The van der Waals surface area contributed by atoms with Crippen LogP contribution in [-0.2, 0) is 19.1 Å². The summed E-state index contributed by atoms with van der Waals surface area (Å²) >= 11 is 0.